The molecule has 0 fully saturated rings. The zero-order valence-corrected chi connectivity index (χ0v) is 11.9. The Morgan fingerprint density at radius 3 is 2.56 bits per heavy atom. The predicted molar refractivity (Wildman–Crippen MR) is 73.1 cm³/mol. The van der Waals surface area contributed by atoms with E-state index in [2.05, 4.69) is 21.0 Å². The van der Waals surface area contributed by atoms with E-state index in [-0.39, 0.29) is 5.91 Å². The van der Waals surface area contributed by atoms with Crippen molar-refractivity contribution >= 4 is 21.8 Å². The summed E-state index contributed by atoms with van der Waals surface area (Å²) in [7, 11) is 3.57. The summed E-state index contributed by atoms with van der Waals surface area (Å²) in [6.45, 7) is 0.572. The highest BCUT2D eigenvalue weighted by Crippen LogP contribution is 2.12. The molecule has 2 aromatic rings. The van der Waals surface area contributed by atoms with Crippen LogP contribution < -0.4 is 0 Å². The standard InChI is InChI=1S/C13H14BrN3O/c1-16(9-10-3-5-11(14)6-4-10)13(18)12-7-8-17(2)15-12/h3-8H,9H2,1-2H3. The number of aromatic nitrogens is 2. The van der Waals surface area contributed by atoms with Gasteiger partial charge in [-0.05, 0) is 23.8 Å². The smallest absolute Gasteiger partial charge is 0.274 e. The third-order valence-electron chi connectivity index (χ3n) is 2.61. The molecular weight excluding hydrogens is 294 g/mol. The van der Waals surface area contributed by atoms with Gasteiger partial charge in [0.15, 0.2) is 0 Å². The summed E-state index contributed by atoms with van der Waals surface area (Å²) >= 11 is 3.39. The van der Waals surface area contributed by atoms with E-state index in [0.717, 1.165) is 10.0 Å². The quantitative estimate of drug-likeness (QED) is 0.873. The van der Waals surface area contributed by atoms with Crippen LogP contribution in [0.5, 0.6) is 0 Å². The average molecular weight is 308 g/mol. The van der Waals surface area contributed by atoms with Crippen LogP contribution in [0, 0.1) is 0 Å². The SMILES string of the molecule is CN(Cc1ccc(Br)cc1)C(=O)c1ccn(C)n1. The van der Waals surface area contributed by atoms with Crippen LogP contribution >= 0.6 is 15.9 Å². The van der Waals surface area contributed by atoms with Crippen molar-refractivity contribution in [2.45, 2.75) is 6.54 Å². The van der Waals surface area contributed by atoms with Gasteiger partial charge in [-0.2, -0.15) is 5.10 Å². The van der Waals surface area contributed by atoms with Gasteiger partial charge in [0, 0.05) is 31.3 Å². The minimum absolute atomic E-state index is 0.0708. The molecule has 2 rings (SSSR count). The number of nitrogens with zero attached hydrogens (tertiary/aromatic N) is 3. The maximum Gasteiger partial charge on any atom is 0.274 e. The Hall–Kier alpha value is -1.62. The molecule has 1 aromatic carbocycles. The lowest BCUT2D eigenvalue weighted by Gasteiger charge is -2.15. The van der Waals surface area contributed by atoms with Crippen molar-refractivity contribution in [1.82, 2.24) is 14.7 Å². The number of carbonyl (C=O) groups is 1. The van der Waals surface area contributed by atoms with Crippen LogP contribution in [-0.4, -0.2) is 27.6 Å². The number of halogens is 1. The summed E-state index contributed by atoms with van der Waals surface area (Å²) in [5.41, 5.74) is 1.56. The molecule has 0 saturated carbocycles. The van der Waals surface area contributed by atoms with Crippen LogP contribution in [0.25, 0.3) is 0 Å². The number of rotatable bonds is 3. The zero-order chi connectivity index (χ0) is 13.1. The second-order valence-electron chi connectivity index (χ2n) is 4.16. The molecule has 0 aliphatic heterocycles. The van der Waals surface area contributed by atoms with Gasteiger partial charge in [0.1, 0.15) is 5.69 Å². The van der Waals surface area contributed by atoms with Crippen molar-refractivity contribution in [3.63, 3.8) is 0 Å². The highest BCUT2D eigenvalue weighted by molar-refractivity contribution is 9.10. The van der Waals surface area contributed by atoms with Gasteiger partial charge < -0.3 is 4.90 Å². The first kappa shape index (κ1) is 12.8. The van der Waals surface area contributed by atoms with Crippen molar-refractivity contribution in [2.75, 3.05) is 7.05 Å². The first-order valence-electron chi connectivity index (χ1n) is 5.56. The molecule has 0 unspecified atom stereocenters. The fourth-order valence-electron chi connectivity index (χ4n) is 1.66. The summed E-state index contributed by atoms with van der Waals surface area (Å²) in [5.74, 6) is -0.0708. The highest BCUT2D eigenvalue weighted by Gasteiger charge is 2.14. The molecule has 0 aliphatic rings. The Morgan fingerprint density at radius 1 is 1.33 bits per heavy atom. The van der Waals surface area contributed by atoms with Crippen LogP contribution in [0.1, 0.15) is 16.1 Å². The number of carbonyl (C=O) groups excluding carboxylic acids is 1. The molecule has 0 atom stereocenters. The van der Waals surface area contributed by atoms with Crippen LogP contribution in [0.3, 0.4) is 0 Å². The van der Waals surface area contributed by atoms with Gasteiger partial charge in [0.2, 0.25) is 0 Å². The van der Waals surface area contributed by atoms with E-state index in [0.29, 0.717) is 12.2 Å². The number of benzene rings is 1. The maximum atomic E-state index is 12.1. The van der Waals surface area contributed by atoms with Crippen molar-refractivity contribution in [1.29, 1.82) is 0 Å². The van der Waals surface area contributed by atoms with Gasteiger partial charge in [-0.1, -0.05) is 28.1 Å². The molecule has 4 nitrogen and oxygen atoms in total. The minimum atomic E-state index is -0.0708. The van der Waals surface area contributed by atoms with E-state index >= 15 is 0 Å². The van der Waals surface area contributed by atoms with Gasteiger partial charge in [-0.3, -0.25) is 9.48 Å². The molecule has 1 aromatic heterocycles. The van der Waals surface area contributed by atoms with Crippen molar-refractivity contribution < 1.29 is 4.79 Å². The fourth-order valence-corrected chi connectivity index (χ4v) is 1.92. The molecule has 0 aliphatic carbocycles. The largest absolute Gasteiger partial charge is 0.336 e. The summed E-state index contributed by atoms with van der Waals surface area (Å²) in [6.07, 6.45) is 1.76. The number of hydrogen-bond donors (Lipinski definition) is 0. The highest BCUT2D eigenvalue weighted by atomic mass is 79.9. The van der Waals surface area contributed by atoms with Crippen LogP contribution in [0.4, 0.5) is 0 Å². The normalized spacial score (nSPS) is 10.4. The second kappa shape index (κ2) is 5.35. The molecule has 0 spiro atoms. The molecular formula is C13H14BrN3O. The number of aryl methyl sites for hydroxylation is 1. The van der Waals surface area contributed by atoms with E-state index in [4.69, 9.17) is 0 Å². The zero-order valence-electron chi connectivity index (χ0n) is 10.3. The van der Waals surface area contributed by atoms with Gasteiger partial charge in [0.25, 0.3) is 5.91 Å². The molecule has 0 saturated heterocycles. The average Bonchev–Trinajstić information content (AvgIpc) is 2.78. The Labute approximate surface area is 114 Å². The topological polar surface area (TPSA) is 38.1 Å². The molecule has 0 N–H and O–H groups in total. The van der Waals surface area contributed by atoms with E-state index in [1.165, 1.54) is 0 Å². The lowest BCUT2D eigenvalue weighted by Crippen LogP contribution is -2.26. The molecule has 18 heavy (non-hydrogen) atoms. The van der Waals surface area contributed by atoms with E-state index in [1.807, 2.05) is 24.3 Å². The van der Waals surface area contributed by atoms with Gasteiger partial charge >= 0.3 is 0 Å². The Kier molecular flexibility index (Phi) is 3.81. The molecule has 0 radical (unpaired) electrons. The minimum Gasteiger partial charge on any atom is -0.336 e. The molecule has 1 amide bonds. The second-order valence-corrected chi connectivity index (χ2v) is 5.08. The third kappa shape index (κ3) is 2.98. The first-order valence-corrected chi connectivity index (χ1v) is 6.35. The molecule has 1 heterocycles. The Balaban J connectivity index is 2.05. The van der Waals surface area contributed by atoms with Crippen LogP contribution in [0.15, 0.2) is 41.0 Å². The summed E-state index contributed by atoms with van der Waals surface area (Å²) in [6, 6.07) is 9.64. The molecule has 0 bridgehead atoms. The maximum absolute atomic E-state index is 12.1. The monoisotopic (exact) mass is 307 g/mol. The van der Waals surface area contributed by atoms with Gasteiger partial charge in [-0.25, -0.2) is 0 Å². The first-order chi connectivity index (χ1) is 8.56. The number of hydrogen-bond acceptors (Lipinski definition) is 2. The molecule has 5 heteroatoms. The van der Waals surface area contributed by atoms with E-state index in [1.54, 1.807) is 35.9 Å². The molecule has 94 valence electrons. The Bertz CT molecular complexity index is 548. The summed E-state index contributed by atoms with van der Waals surface area (Å²) in [5, 5.41) is 4.11. The van der Waals surface area contributed by atoms with Crippen molar-refractivity contribution in [2.24, 2.45) is 7.05 Å². The lowest BCUT2D eigenvalue weighted by molar-refractivity contribution is 0.0778. The summed E-state index contributed by atoms with van der Waals surface area (Å²) < 4.78 is 2.66. The lowest BCUT2D eigenvalue weighted by atomic mass is 10.2. The van der Waals surface area contributed by atoms with Crippen molar-refractivity contribution in [3.8, 4) is 0 Å². The number of amides is 1. The fraction of sp³-hybridized carbons (Fsp3) is 0.231. The summed E-state index contributed by atoms with van der Waals surface area (Å²) in [4.78, 5) is 13.7. The third-order valence-corrected chi connectivity index (χ3v) is 3.14. The van der Waals surface area contributed by atoms with E-state index in [9.17, 15) is 4.79 Å². The Morgan fingerprint density at radius 2 is 2.00 bits per heavy atom. The van der Waals surface area contributed by atoms with E-state index < -0.39 is 0 Å². The predicted octanol–water partition coefficient (Wildman–Crippen LogP) is 2.45. The van der Waals surface area contributed by atoms with Gasteiger partial charge in [-0.15, -0.1) is 0 Å². The van der Waals surface area contributed by atoms with Crippen LogP contribution in [-0.2, 0) is 13.6 Å². The van der Waals surface area contributed by atoms with Crippen LogP contribution in [0.2, 0.25) is 0 Å². The van der Waals surface area contributed by atoms with Gasteiger partial charge in [0.05, 0.1) is 0 Å². The van der Waals surface area contributed by atoms with Crippen molar-refractivity contribution in [3.05, 3.63) is 52.3 Å².